The second-order valence-corrected chi connectivity index (χ2v) is 6.18. The van der Waals surface area contributed by atoms with Crippen LogP contribution in [0.1, 0.15) is 10.4 Å². The van der Waals surface area contributed by atoms with Gasteiger partial charge in [-0.15, -0.1) is 11.3 Å². The topological polar surface area (TPSA) is 42.4 Å². The number of carbonyl (C=O) groups is 1. The van der Waals surface area contributed by atoms with Crippen LogP contribution in [0.2, 0.25) is 0 Å². The number of hydrogen-bond acceptors (Lipinski definition) is 4. The van der Waals surface area contributed by atoms with Crippen molar-refractivity contribution >= 4 is 17.2 Å². The van der Waals surface area contributed by atoms with E-state index in [1.165, 1.54) is 23.6 Å². The zero-order chi connectivity index (χ0) is 16.4. The van der Waals surface area contributed by atoms with E-state index in [1.807, 2.05) is 17.5 Å². The summed E-state index contributed by atoms with van der Waals surface area (Å²) in [5, 5.41) is 1.89. The number of aromatic nitrogens is 1. The highest BCUT2D eigenvalue weighted by Gasteiger charge is 2.38. The van der Waals surface area contributed by atoms with E-state index in [2.05, 4.69) is 4.98 Å². The molecule has 1 aliphatic rings. The Balaban J connectivity index is 1.56. The molecular weight excluding hydrogens is 329 g/mol. The van der Waals surface area contributed by atoms with Gasteiger partial charge in [-0.25, -0.2) is 4.98 Å². The zero-order valence-electron chi connectivity index (χ0n) is 11.9. The quantitative estimate of drug-likeness (QED) is 0.858. The molecule has 1 saturated heterocycles. The maximum absolute atomic E-state index is 12.9. The first-order valence-corrected chi connectivity index (χ1v) is 7.80. The molecule has 3 heterocycles. The average Bonchev–Trinajstić information content (AvgIpc) is 2.94. The van der Waals surface area contributed by atoms with Crippen molar-refractivity contribution in [1.29, 1.82) is 0 Å². The van der Waals surface area contributed by atoms with Crippen LogP contribution in [0, 0.1) is 0 Å². The van der Waals surface area contributed by atoms with Crippen LogP contribution < -0.4 is 4.74 Å². The molecule has 0 radical (unpaired) electrons. The minimum Gasteiger partial charge on any atom is -0.470 e. The molecule has 4 nitrogen and oxygen atoms in total. The largest absolute Gasteiger partial charge is 0.470 e. The van der Waals surface area contributed by atoms with Gasteiger partial charge in [0.1, 0.15) is 11.7 Å². The molecule has 23 heavy (non-hydrogen) atoms. The summed E-state index contributed by atoms with van der Waals surface area (Å²) in [6, 6.07) is 5.89. The van der Waals surface area contributed by atoms with Gasteiger partial charge in [0.05, 0.1) is 19.5 Å². The molecule has 2 aromatic heterocycles. The lowest BCUT2D eigenvalue weighted by Crippen LogP contribution is -2.56. The Morgan fingerprint density at radius 2 is 2.13 bits per heavy atom. The van der Waals surface area contributed by atoms with Crippen LogP contribution in [-0.2, 0) is 17.4 Å². The molecule has 0 N–H and O–H groups in total. The maximum atomic E-state index is 12.9. The molecule has 0 aromatic carbocycles. The Labute approximate surface area is 134 Å². The number of amides is 1. The standard InChI is InChI=1S/C15H13F3N2O2S/c16-15(17,18)12-4-1-5-19-14(12)22-10-8-20(9-10)13(21)7-11-3-2-6-23-11/h1-6,10H,7-9H2. The monoisotopic (exact) mass is 342 g/mol. The van der Waals surface area contributed by atoms with Crippen molar-refractivity contribution in [3.8, 4) is 5.88 Å². The molecule has 0 spiro atoms. The Hall–Kier alpha value is -2.09. The van der Waals surface area contributed by atoms with Gasteiger partial charge < -0.3 is 9.64 Å². The molecule has 3 rings (SSSR count). The minimum atomic E-state index is -4.51. The van der Waals surface area contributed by atoms with E-state index in [1.54, 1.807) is 4.90 Å². The van der Waals surface area contributed by atoms with Crippen molar-refractivity contribution < 1.29 is 22.7 Å². The van der Waals surface area contributed by atoms with Crippen LogP contribution >= 0.6 is 11.3 Å². The fourth-order valence-electron chi connectivity index (χ4n) is 2.25. The number of nitrogens with zero attached hydrogens (tertiary/aromatic N) is 2. The summed E-state index contributed by atoms with van der Waals surface area (Å²) in [7, 11) is 0. The van der Waals surface area contributed by atoms with Crippen molar-refractivity contribution in [3.05, 3.63) is 46.3 Å². The van der Waals surface area contributed by atoms with Gasteiger partial charge in [-0.05, 0) is 23.6 Å². The molecule has 0 bridgehead atoms. The number of halogens is 3. The predicted molar refractivity (Wildman–Crippen MR) is 78.3 cm³/mol. The highest BCUT2D eigenvalue weighted by molar-refractivity contribution is 7.10. The van der Waals surface area contributed by atoms with E-state index in [-0.39, 0.29) is 19.0 Å². The maximum Gasteiger partial charge on any atom is 0.421 e. The third kappa shape index (κ3) is 3.64. The van der Waals surface area contributed by atoms with Crippen molar-refractivity contribution in [2.24, 2.45) is 0 Å². The molecule has 1 amide bonds. The third-order valence-corrected chi connectivity index (χ3v) is 4.34. The third-order valence-electron chi connectivity index (χ3n) is 3.46. The molecule has 122 valence electrons. The Morgan fingerprint density at radius 1 is 1.35 bits per heavy atom. The molecule has 1 aliphatic heterocycles. The van der Waals surface area contributed by atoms with E-state index in [0.29, 0.717) is 6.42 Å². The van der Waals surface area contributed by atoms with Gasteiger partial charge in [0, 0.05) is 11.1 Å². The van der Waals surface area contributed by atoms with E-state index in [4.69, 9.17) is 4.74 Å². The van der Waals surface area contributed by atoms with Crippen LogP contribution in [0.5, 0.6) is 5.88 Å². The number of likely N-dealkylation sites (tertiary alicyclic amines) is 1. The van der Waals surface area contributed by atoms with E-state index >= 15 is 0 Å². The van der Waals surface area contributed by atoms with Gasteiger partial charge in [-0.2, -0.15) is 13.2 Å². The average molecular weight is 342 g/mol. The van der Waals surface area contributed by atoms with Gasteiger partial charge in [-0.1, -0.05) is 6.07 Å². The van der Waals surface area contributed by atoms with Gasteiger partial charge in [0.25, 0.3) is 0 Å². The summed E-state index contributed by atoms with van der Waals surface area (Å²) < 4.78 is 43.9. The van der Waals surface area contributed by atoms with Crippen LogP contribution in [0.25, 0.3) is 0 Å². The molecule has 2 aromatic rings. The highest BCUT2D eigenvalue weighted by Crippen LogP contribution is 2.35. The number of hydrogen-bond donors (Lipinski definition) is 0. The zero-order valence-corrected chi connectivity index (χ0v) is 12.7. The number of thiophene rings is 1. The summed E-state index contributed by atoms with van der Waals surface area (Å²) in [4.78, 5) is 18.2. The van der Waals surface area contributed by atoms with E-state index in [0.717, 1.165) is 10.9 Å². The summed E-state index contributed by atoms with van der Waals surface area (Å²) >= 11 is 1.50. The Bertz CT molecular complexity index is 682. The van der Waals surface area contributed by atoms with Crippen LogP contribution in [0.3, 0.4) is 0 Å². The number of pyridine rings is 1. The molecule has 0 unspecified atom stereocenters. The van der Waals surface area contributed by atoms with Gasteiger partial charge in [0.15, 0.2) is 0 Å². The summed E-state index contributed by atoms with van der Waals surface area (Å²) in [6.07, 6.45) is -3.41. The van der Waals surface area contributed by atoms with Crippen LogP contribution in [-0.4, -0.2) is 35.0 Å². The number of alkyl halides is 3. The van der Waals surface area contributed by atoms with Gasteiger partial charge in [-0.3, -0.25) is 4.79 Å². The Kier molecular flexibility index (Phi) is 4.25. The molecule has 0 saturated carbocycles. The van der Waals surface area contributed by atoms with Crippen LogP contribution in [0.15, 0.2) is 35.8 Å². The number of rotatable bonds is 4. The minimum absolute atomic E-state index is 0.0515. The first kappa shape index (κ1) is 15.8. The molecule has 8 heteroatoms. The van der Waals surface area contributed by atoms with Gasteiger partial charge in [0.2, 0.25) is 11.8 Å². The fourth-order valence-corrected chi connectivity index (χ4v) is 2.94. The first-order valence-electron chi connectivity index (χ1n) is 6.92. The van der Waals surface area contributed by atoms with Crippen molar-refractivity contribution in [3.63, 3.8) is 0 Å². The summed E-state index contributed by atoms with van der Waals surface area (Å²) in [5.41, 5.74) is -0.900. The van der Waals surface area contributed by atoms with Crippen molar-refractivity contribution in [1.82, 2.24) is 9.88 Å². The van der Waals surface area contributed by atoms with E-state index < -0.39 is 23.7 Å². The predicted octanol–water partition coefficient (Wildman–Crippen LogP) is 2.99. The van der Waals surface area contributed by atoms with Crippen molar-refractivity contribution in [2.75, 3.05) is 13.1 Å². The fraction of sp³-hybridized carbons (Fsp3) is 0.333. The first-order chi connectivity index (χ1) is 10.9. The van der Waals surface area contributed by atoms with Crippen LogP contribution in [0.4, 0.5) is 13.2 Å². The van der Waals surface area contributed by atoms with Crippen molar-refractivity contribution in [2.45, 2.75) is 18.7 Å². The summed E-state index contributed by atoms with van der Waals surface area (Å²) in [6.45, 7) is 0.552. The Morgan fingerprint density at radius 3 is 2.78 bits per heavy atom. The summed E-state index contributed by atoms with van der Waals surface area (Å²) in [5.74, 6) is -0.486. The normalized spacial score (nSPS) is 15.3. The SMILES string of the molecule is O=C(Cc1cccs1)N1CC(Oc2ncccc2C(F)(F)F)C1. The second-order valence-electron chi connectivity index (χ2n) is 5.15. The molecule has 0 atom stereocenters. The highest BCUT2D eigenvalue weighted by atomic mass is 32.1. The lowest BCUT2D eigenvalue weighted by molar-refractivity contribution is -0.144. The number of carbonyl (C=O) groups excluding carboxylic acids is 1. The smallest absolute Gasteiger partial charge is 0.421 e. The second kappa shape index (κ2) is 6.19. The van der Waals surface area contributed by atoms with Gasteiger partial charge >= 0.3 is 6.18 Å². The van der Waals surface area contributed by atoms with E-state index in [9.17, 15) is 18.0 Å². The number of ether oxygens (including phenoxy) is 1. The molecule has 0 aliphatic carbocycles. The molecular formula is C15H13F3N2O2S. The lowest BCUT2D eigenvalue weighted by atomic mass is 10.1. The lowest BCUT2D eigenvalue weighted by Gasteiger charge is -2.39. The molecule has 1 fully saturated rings.